The Morgan fingerprint density at radius 3 is 2.27 bits per heavy atom. The van der Waals surface area contributed by atoms with Crippen molar-refractivity contribution in [1.29, 1.82) is 0 Å². The largest absolute Gasteiger partial charge is 0.478 e. The Bertz CT molecular complexity index is 286. The highest BCUT2D eigenvalue weighted by Gasteiger charge is 2.14. The number of carbonyl (C=O) groups excluding carboxylic acids is 1. The van der Waals surface area contributed by atoms with Crippen molar-refractivity contribution >= 4 is 23.6 Å². The molecule has 4 nitrogen and oxygen atoms in total. The van der Waals surface area contributed by atoms with Gasteiger partial charge in [-0.2, -0.15) is 11.8 Å². The first-order valence-electron chi connectivity index (χ1n) is 4.60. The predicted molar refractivity (Wildman–Crippen MR) is 62.0 cm³/mol. The lowest BCUT2D eigenvalue weighted by atomic mass is 10.1. The molecule has 1 amide bonds. The molecule has 0 aliphatic rings. The first kappa shape index (κ1) is 14.0. The van der Waals surface area contributed by atoms with Gasteiger partial charge in [0.1, 0.15) is 0 Å². The van der Waals surface area contributed by atoms with E-state index in [0.717, 1.165) is 5.75 Å². The van der Waals surface area contributed by atoms with Crippen LogP contribution in [0.2, 0.25) is 0 Å². The van der Waals surface area contributed by atoms with Gasteiger partial charge in [-0.15, -0.1) is 0 Å². The number of carboxylic acid groups (broad SMARTS) is 1. The van der Waals surface area contributed by atoms with Crippen molar-refractivity contribution in [3.8, 4) is 0 Å². The lowest BCUT2D eigenvalue weighted by Gasteiger charge is -2.13. The van der Waals surface area contributed by atoms with Gasteiger partial charge >= 0.3 is 5.97 Å². The number of rotatable bonds is 5. The summed E-state index contributed by atoms with van der Waals surface area (Å²) in [5.74, 6) is -0.554. The van der Waals surface area contributed by atoms with Crippen LogP contribution in [0.15, 0.2) is 11.1 Å². The number of amides is 1. The van der Waals surface area contributed by atoms with Gasteiger partial charge in [0.2, 0.25) is 5.91 Å². The maximum Gasteiger partial charge on any atom is 0.331 e. The summed E-state index contributed by atoms with van der Waals surface area (Å²) in [6.07, 6.45) is 1.95. The lowest BCUT2D eigenvalue weighted by Crippen LogP contribution is -2.35. The van der Waals surface area contributed by atoms with E-state index >= 15 is 0 Å². The van der Waals surface area contributed by atoms with E-state index < -0.39 is 5.97 Å². The van der Waals surface area contributed by atoms with Crippen LogP contribution < -0.4 is 5.32 Å². The molecule has 0 aliphatic heterocycles. The molecule has 15 heavy (non-hydrogen) atoms. The van der Waals surface area contributed by atoms with Gasteiger partial charge in [-0.25, -0.2) is 4.79 Å². The summed E-state index contributed by atoms with van der Waals surface area (Å²) < 4.78 is 0. The summed E-state index contributed by atoms with van der Waals surface area (Å²) in [7, 11) is 0. The van der Waals surface area contributed by atoms with E-state index in [9.17, 15) is 9.59 Å². The highest BCUT2D eigenvalue weighted by Crippen LogP contribution is 2.05. The van der Waals surface area contributed by atoms with Crippen LogP contribution in [0.4, 0.5) is 0 Å². The Balaban J connectivity index is 4.46. The van der Waals surface area contributed by atoms with Crippen molar-refractivity contribution < 1.29 is 14.7 Å². The van der Waals surface area contributed by atoms with Crippen molar-refractivity contribution in [2.75, 3.05) is 12.0 Å². The third kappa shape index (κ3) is 4.88. The molecule has 1 atom stereocenters. The van der Waals surface area contributed by atoms with Gasteiger partial charge in [0.15, 0.2) is 0 Å². The van der Waals surface area contributed by atoms with Gasteiger partial charge in [0.25, 0.3) is 0 Å². The van der Waals surface area contributed by atoms with Crippen LogP contribution in [0.25, 0.3) is 0 Å². The maximum absolute atomic E-state index is 11.5. The summed E-state index contributed by atoms with van der Waals surface area (Å²) in [5.41, 5.74) is 0.347. The second-order valence-electron chi connectivity index (χ2n) is 3.39. The number of thioether (sulfide) groups is 1. The number of aliphatic carboxylic acids is 1. The minimum Gasteiger partial charge on any atom is -0.478 e. The third-order valence-corrected chi connectivity index (χ3v) is 2.85. The van der Waals surface area contributed by atoms with Gasteiger partial charge in [-0.1, -0.05) is 0 Å². The minimum atomic E-state index is -1.06. The Morgan fingerprint density at radius 1 is 1.33 bits per heavy atom. The Hall–Kier alpha value is -0.970. The third-order valence-electron chi connectivity index (χ3n) is 2.02. The normalized spacial score (nSPS) is 14.1. The van der Waals surface area contributed by atoms with Crippen molar-refractivity contribution in [3.63, 3.8) is 0 Å². The number of hydrogen-bond donors (Lipinski definition) is 2. The fourth-order valence-corrected chi connectivity index (χ4v) is 1.54. The SMILES string of the molecule is CSCC(C)NC(=O)C(C)=C(C)C(=O)O. The van der Waals surface area contributed by atoms with Gasteiger partial charge < -0.3 is 10.4 Å². The molecule has 0 aromatic carbocycles. The first-order valence-corrected chi connectivity index (χ1v) is 6.00. The monoisotopic (exact) mass is 231 g/mol. The zero-order valence-corrected chi connectivity index (χ0v) is 10.3. The molecule has 0 rings (SSSR count). The zero-order valence-electron chi connectivity index (χ0n) is 9.46. The molecule has 2 N–H and O–H groups in total. The molecule has 1 unspecified atom stereocenters. The van der Waals surface area contributed by atoms with Crippen LogP contribution in [0.3, 0.4) is 0 Å². The first-order chi connectivity index (χ1) is 6.90. The average Bonchev–Trinajstić information content (AvgIpc) is 2.15. The van der Waals surface area contributed by atoms with E-state index in [2.05, 4.69) is 5.32 Å². The van der Waals surface area contributed by atoms with Crippen molar-refractivity contribution in [2.45, 2.75) is 26.8 Å². The molecule has 0 aromatic heterocycles. The molecule has 86 valence electrons. The minimum absolute atomic E-state index is 0.0454. The summed E-state index contributed by atoms with van der Waals surface area (Å²) >= 11 is 1.63. The Morgan fingerprint density at radius 2 is 1.87 bits per heavy atom. The quantitative estimate of drug-likeness (QED) is 0.699. The second kappa shape index (κ2) is 6.50. The number of hydrogen-bond acceptors (Lipinski definition) is 3. The fraction of sp³-hybridized carbons (Fsp3) is 0.600. The zero-order chi connectivity index (χ0) is 12.0. The van der Waals surface area contributed by atoms with Gasteiger partial charge in [-0.3, -0.25) is 4.79 Å². The average molecular weight is 231 g/mol. The molecule has 0 spiro atoms. The van der Waals surface area contributed by atoms with Gasteiger partial charge in [0.05, 0.1) is 0 Å². The van der Waals surface area contributed by atoms with Crippen molar-refractivity contribution in [3.05, 3.63) is 11.1 Å². The molecule has 0 bridgehead atoms. The van der Waals surface area contributed by atoms with Crippen LogP contribution in [0.5, 0.6) is 0 Å². The summed E-state index contributed by atoms with van der Waals surface area (Å²) in [6, 6.07) is 0.0454. The summed E-state index contributed by atoms with van der Waals surface area (Å²) in [6.45, 7) is 4.83. The van der Waals surface area contributed by atoms with Crippen molar-refractivity contribution in [2.24, 2.45) is 0 Å². The molecule has 0 fully saturated rings. The van der Waals surface area contributed by atoms with Gasteiger partial charge in [-0.05, 0) is 27.0 Å². The van der Waals surface area contributed by atoms with E-state index in [1.807, 2.05) is 13.2 Å². The van der Waals surface area contributed by atoms with Gasteiger partial charge in [0, 0.05) is 22.9 Å². The number of carboxylic acids is 1. The molecule has 0 saturated heterocycles. The molecule has 0 aliphatic carbocycles. The summed E-state index contributed by atoms with van der Waals surface area (Å²) in [4.78, 5) is 22.1. The van der Waals surface area contributed by atoms with Crippen LogP contribution >= 0.6 is 11.8 Å². The smallest absolute Gasteiger partial charge is 0.331 e. The highest BCUT2D eigenvalue weighted by molar-refractivity contribution is 7.98. The number of nitrogens with one attached hydrogen (secondary N) is 1. The molecular weight excluding hydrogens is 214 g/mol. The van der Waals surface area contributed by atoms with Crippen LogP contribution in [-0.2, 0) is 9.59 Å². The predicted octanol–water partition coefficient (Wildman–Crippen LogP) is 1.28. The highest BCUT2D eigenvalue weighted by atomic mass is 32.2. The molecule has 5 heteroatoms. The molecular formula is C10H17NO3S. The van der Waals surface area contributed by atoms with E-state index in [4.69, 9.17) is 5.11 Å². The molecule has 0 radical (unpaired) electrons. The maximum atomic E-state index is 11.5. The van der Waals surface area contributed by atoms with E-state index in [-0.39, 0.29) is 23.1 Å². The molecule has 0 aromatic rings. The van der Waals surface area contributed by atoms with Crippen molar-refractivity contribution in [1.82, 2.24) is 5.32 Å². The van der Waals surface area contributed by atoms with Crippen LogP contribution in [0.1, 0.15) is 20.8 Å². The van der Waals surface area contributed by atoms with E-state index in [1.54, 1.807) is 11.8 Å². The summed E-state index contributed by atoms with van der Waals surface area (Å²) in [5, 5.41) is 11.4. The Labute approximate surface area is 94.1 Å². The Kier molecular flexibility index (Phi) is 6.08. The fourth-order valence-electron chi connectivity index (χ4n) is 0.954. The van der Waals surface area contributed by atoms with E-state index in [0.29, 0.717) is 0 Å². The second-order valence-corrected chi connectivity index (χ2v) is 4.30. The molecule has 0 heterocycles. The van der Waals surface area contributed by atoms with E-state index in [1.165, 1.54) is 13.8 Å². The molecule has 0 saturated carbocycles. The lowest BCUT2D eigenvalue weighted by molar-refractivity contribution is -0.133. The van der Waals surface area contributed by atoms with Crippen LogP contribution in [0, 0.1) is 0 Å². The number of carbonyl (C=O) groups is 2. The van der Waals surface area contributed by atoms with Crippen LogP contribution in [-0.4, -0.2) is 35.0 Å². The topological polar surface area (TPSA) is 66.4 Å². The standard InChI is InChI=1S/C10H17NO3S/c1-6(5-15-4)11-9(12)7(2)8(3)10(13)14/h6H,5H2,1-4H3,(H,11,12)(H,13,14).